The minimum atomic E-state index is -5.27. The number of ether oxygens (including phenoxy) is 2. The second kappa shape index (κ2) is 35.7. The Balaban J connectivity index is -0.000000150. The van der Waals surface area contributed by atoms with Gasteiger partial charge in [0.15, 0.2) is 0 Å². The predicted molar refractivity (Wildman–Crippen MR) is 246 cm³/mol. The monoisotopic (exact) mass is 938 g/mol. The minimum absolute atomic E-state index is 0. The van der Waals surface area contributed by atoms with Crippen LogP contribution in [0.4, 0.5) is 0 Å². The molecule has 0 spiro atoms. The van der Waals surface area contributed by atoms with E-state index in [0.29, 0.717) is 12.8 Å². The minimum Gasteiger partial charge on any atom is -0.457 e. The molecular weight excluding hydrogens is 858 g/mol. The molecule has 1 aliphatic carbocycles. The number of hydrogen-bond acceptors (Lipinski definition) is 15. The molecule has 8 N–H and O–H groups in total. The molecule has 0 aromatic heterocycles. The third-order valence-electron chi connectivity index (χ3n) is 8.39. The molecule has 1 rings (SSSR count). The van der Waals surface area contributed by atoms with Gasteiger partial charge in [-0.05, 0) is 72.4 Å². The average molecular weight is 939 g/mol. The summed E-state index contributed by atoms with van der Waals surface area (Å²) in [7, 11) is -10.4. The van der Waals surface area contributed by atoms with Gasteiger partial charge in [-0.1, -0.05) is 96.8 Å². The number of aliphatic hydroxyl groups is 5. The molecule has 20 heteroatoms. The summed E-state index contributed by atoms with van der Waals surface area (Å²) in [6.07, 6.45) is 1.68. The van der Waals surface area contributed by atoms with E-state index in [-0.39, 0.29) is 24.4 Å². The topological polar surface area (TPSA) is 276 Å². The second-order valence-electron chi connectivity index (χ2n) is 13.5. The first-order valence-corrected chi connectivity index (χ1v) is 24.0. The molecule has 0 bridgehead atoms. The van der Waals surface area contributed by atoms with E-state index in [4.69, 9.17) is 33.4 Å². The Bertz CT molecular complexity index is 1700. The lowest BCUT2D eigenvalue weighted by atomic mass is 9.85. The van der Waals surface area contributed by atoms with Gasteiger partial charge in [-0.15, -0.1) is 0 Å². The van der Waals surface area contributed by atoms with E-state index in [1.54, 1.807) is 6.92 Å². The van der Waals surface area contributed by atoms with Gasteiger partial charge in [-0.25, -0.2) is 9.13 Å². The third-order valence-corrected chi connectivity index (χ3v) is 10.5. The molecule has 0 aromatic carbocycles. The molecule has 0 saturated heterocycles. The van der Waals surface area contributed by atoms with Crippen molar-refractivity contribution in [1.82, 2.24) is 0 Å². The average Bonchev–Trinajstić information content (AvgIpc) is 3.21. The number of rotatable bonds is 27. The summed E-state index contributed by atoms with van der Waals surface area (Å²) < 4.78 is 47.3. The first-order chi connectivity index (χ1) is 29.0. The molecule has 0 heterocycles. The highest BCUT2D eigenvalue weighted by Crippen LogP contribution is 2.48. The van der Waals surface area contributed by atoms with Crippen LogP contribution in [0.3, 0.4) is 0 Å². The van der Waals surface area contributed by atoms with E-state index >= 15 is 0 Å². The lowest BCUT2D eigenvalue weighted by Gasteiger charge is -2.43. The number of carbonyl (C=O) groups is 2. The molecule has 17 nitrogen and oxygen atoms in total. The van der Waals surface area contributed by atoms with Crippen LogP contribution in [0, 0.1) is 58.5 Å². The van der Waals surface area contributed by atoms with Gasteiger partial charge >= 0.3 is 21.6 Å². The van der Waals surface area contributed by atoms with E-state index in [2.05, 4.69) is 70.0 Å². The van der Waals surface area contributed by atoms with Crippen molar-refractivity contribution in [2.75, 3.05) is 20.0 Å². The number of unbranched alkanes of at least 4 members (excludes halogenated alkanes) is 12. The second-order valence-corrected chi connectivity index (χ2v) is 17.0. The maximum atomic E-state index is 12.5. The molecule has 0 aliphatic heterocycles. The van der Waals surface area contributed by atoms with Gasteiger partial charge in [0.2, 0.25) is 5.12 Å². The first-order valence-electron chi connectivity index (χ1n) is 20.1. The SMILES string of the molecule is CC#CC#CC#CC#CC#CSC(=O)CCC.CCCCCCCCCCCCCCCC(=O)O[C@H](COCO)COP(=O)(O)OC1C(O)[C@H](O)C(OP(=O)(O)O)C(O)[C@@H]1O.[HH].[HH].[HH].[HH].[HH].[HH].[HH].[HH].[HH]. The highest BCUT2D eigenvalue weighted by Gasteiger charge is 2.54. The number of esters is 1. The van der Waals surface area contributed by atoms with Gasteiger partial charge in [-0.2, -0.15) is 0 Å². The molecule has 0 amide bonds. The van der Waals surface area contributed by atoms with Crippen molar-refractivity contribution >= 4 is 38.5 Å². The zero-order valence-corrected chi connectivity index (χ0v) is 37.6. The lowest BCUT2D eigenvalue weighted by molar-refractivity contribution is -0.216. The van der Waals surface area contributed by atoms with Crippen molar-refractivity contribution in [3.05, 3.63) is 0 Å². The summed E-state index contributed by atoms with van der Waals surface area (Å²) in [6, 6.07) is 0. The number of phosphoric acid groups is 2. The molecule has 0 aromatic rings. The van der Waals surface area contributed by atoms with Crippen LogP contribution in [0.15, 0.2) is 0 Å². The Morgan fingerprint density at radius 2 is 1.10 bits per heavy atom. The van der Waals surface area contributed by atoms with Crippen molar-refractivity contribution in [3.63, 3.8) is 0 Å². The Hall–Kier alpha value is -2.73. The summed E-state index contributed by atoms with van der Waals surface area (Å²) >= 11 is 0.979. The standard InChI is InChI=1S/C26H52O16P2.C15H10OS.9H2/c1-2-3-4-5-6-7-8-9-10-11-12-13-14-15-20(28)40-19(16-38-18-27)17-39-44(36,37)42-26-23(31)21(29)25(22(30)24(26)32)41-43(33,34)35;1-3-5-6-7-8-9-10-11-12-14-17-15(16)13-4-2;;;;;;;;;/h19,21-27,29-32H,2-18H2,1H3,(H,36,37)(H2,33,34,35);4,13H2,1-2H3;9*1H/t19-,21+,22?,23?,24+,25?,26?;;;;;;;;;;/m1........../s1. The van der Waals surface area contributed by atoms with Crippen molar-refractivity contribution in [1.29, 1.82) is 0 Å². The molecule has 1 aliphatic rings. The fourth-order valence-corrected chi connectivity index (χ4v) is 7.46. The first kappa shape index (κ1) is 58.3. The van der Waals surface area contributed by atoms with Gasteiger partial charge in [0, 0.05) is 37.4 Å². The summed E-state index contributed by atoms with van der Waals surface area (Å²) in [6.45, 7) is 3.94. The molecular formula is C41H80O17P2S. The predicted octanol–water partition coefficient (Wildman–Crippen LogP) is 6.04. The van der Waals surface area contributed by atoms with Gasteiger partial charge in [0.25, 0.3) is 0 Å². The Morgan fingerprint density at radius 3 is 1.56 bits per heavy atom. The number of phosphoric ester groups is 2. The van der Waals surface area contributed by atoms with Crippen LogP contribution in [0.5, 0.6) is 0 Å². The molecule has 0 radical (unpaired) electrons. The van der Waals surface area contributed by atoms with Crippen molar-refractivity contribution in [3.8, 4) is 58.5 Å². The van der Waals surface area contributed by atoms with Crippen molar-refractivity contribution < 1.29 is 94.8 Å². The highest BCUT2D eigenvalue weighted by atomic mass is 32.2. The van der Waals surface area contributed by atoms with Crippen LogP contribution in [-0.2, 0) is 41.8 Å². The number of aliphatic hydroxyl groups excluding tert-OH is 5. The van der Waals surface area contributed by atoms with Crippen LogP contribution in [0.2, 0.25) is 0 Å². The molecule has 5 unspecified atom stereocenters. The van der Waals surface area contributed by atoms with Crippen LogP contribution < -0.4 is 0 Å². The molecule has 1 saturated carbocycles. The van der Waals surface area contributed by atoms with Crippen LogP contribution in [-0.4, -0.2) is 114 Å². The van der Waals surface area contributed by atoms with Crippen LogP contribution in [0.1, 0.15) is 136 Å². The third kappa shape index (κ3) is 30.9. The van der Waals surface area contributed by atoms with Crippen molar-refractivity contribution in [2.24, 2.45) is 0 Å². The normalized spacial score (nSPS) is 20.6. The fraction of sp³-hybridized carbons (Fsp3) is 0.707. The number of carbonyl (C=O) groups excluding carboxylic acids is 2. The summed E-state index contributed by atoms with van der Waals surface area (Å²) in [5, 5.41) is 52.2. The maximum Gasteiger partial charge on any atom is 0.472 e. The van der Waals surface area contributed by atoms with Gasteiger partial charge < -0.3 is 49.7 Å². The van der Waals surface area contributed by atoms with Crippen LogP contribution in [0.25, 0.3) is 0 Å². The van der Waals surface area contributed by atoms with Crippen molar-refractivity contribution in [2.45, 2.75) is 166 Å². The largest absolute Gasteiger partial charge is 0.472 e. The molecule has 8 atom stereocenters. The molecule has 61 heavy (non-hydrogen) atoms. The molecule has 362 valence electrons. The Kier molecular flexibility index (Phi) is 34.1. The zero-order valence-electron chi connectivity index (χ0n) is 35.0. The lowest BCUT2D eigenvalue weighted by Crippen LogP contribution is -2.64. The number of thioether (sulfide) groups is 1. The summed E-state index contributed by atoms with van der Waals surface area (Å²) in [5.41, 5.74) is 0. The summed E-state index contributed by atoms with van der Waals surface area (Å²) in [5.74, 6) is 22.2. The van der Waals surface area contributed by atoms with E-state index in [0.717, 1.165) is 43.9 Å². The van der Waals surface area contributed by atoms with E-state index < -0.39 is 84.3 Å². The quantitative estimate of drug-likeness (QED) is 0.0153. The zero-order chi connectivity index (χ0) is 45.9. The van der Waals surface area contributed by atoms with Gasteiger partial charge in [0.05, 0.1) is 13.2 Å². The Morgan fingerprint density at radius 1 is 0.639 bits per heavy atom. The Labute approximate surface area is 377 Å². The maximum absolute atomic E-state index is 12.5. The smallest absolute Gasteiger partial charge is 0.457 e. The number of hydrogen-bond donors (Lipinski definition) is 8. The fourth-order valence-electron chi connectivity index (χ4n) is 5.40. The molecule has 1 fully saturated rings. The van der Waals surface area contributed by atoms with Gasteiger partial charge in [-0.3, -0.25) is 23.2 Å². The highest BCUT2D eigenvalue weighted by molar-refractivity contribution is 8.17. The van der Waals surface area contributed by atoms with E-state index in [1.807, 2.05) is 6.92 Å². The van der Waals surface area contributed by atoms with E-state index in [1.165, 1.54) is 51.4 Å². The van der Waals surface area contributed by atoms with E-state index in [9.17, 15) is 44.0 Å². The van der Waals surface area contributed by atoms with Crippen LogP contribution >= 0.6 is 27.4 Å². The van der Waals surface area contributed by atoms with Gasteiger partial charge in [0.1, 0.15) is 49.5 Å². The summed E-state index contributed by atoms with van der Waals surface area (Å²) in [4.78, 5) is 51.3.